The van der Waals surface area contributed by atoms with Crippen molar-refractivity contribution >= 4 is 29.3 Å². The fourth-order valence-electron chi connectivity index (χ4n) is 3.35. The van der Waals surface area contributed by atoms with Gasteiger partial charge in [-0.05, 0) is 25.3 Å². The van der Waals surface area contributed by atoms with Gasteiger partial charge in [-0.1, -0.05) is 11.8 Å². The summed E-state index contributed by atoms with van der Waals surface area (Å²) in [6.45, 7) is 1.84. The number of hydrogen-bond acceptors (Lipinski definition) is 6. The van der Waals surface area contributed by atoms with Crippen LogP contribution in [-0.2, 0) is 14.3 Å². The van der Waals surface area contributed by atoms with Crippen molar-refractivity contribution in [2.45, 2.75) is 36.6 Å². The van der Waals surface area contributed by atoms with Gasteiger partial charge >= 0.3 is 0 Å². The summed E-state index contributed by atoms with van der Waals surface area (Å²) < 4.78 is 11.2. The zero-order valence-corrected chi connectivity index (χ0v) is 14.0. The summed E-state index contributed by atoms with van der Waals surface area (Å²) >= 11 is 1.39. The molecule has 1 unspecified atom stereocenters. The van der Waals surface area contributed by atoms with E-state index < -0.39 is 0 Å². The first-order valence-electron chi connectivity index (χ1n) is 8.19. The topological polar surface area (TPSA) is 80.8 Å². The summed E-state index contributed by atoms with van der Waals surface area (Å²) in [5.41, 5.74) is 1.10. The minimum atomic E-state index is -0.338. The lowest BCUT2D eigenvalue weighted by Gasteiger charge is -2.38. The number of thioether (sulfide) groups is 1. The first-order chi connectivity index (χ1) is 11.7. The largest absolute Gasteiger partial charge is 0.348 e. The minimum absolute atomic E-state index is 0.0613. The number of piperidine rings is 1. The summed E-state index contributed by atoms with van der Waals surface area (Å²) in [4.78, 5) is 30.7. The molecule has 4 rings (SSSR count). The molecule has 3 aliphatic rings. The van der Waals surface area contributed by atoms with E-state index in [2.05, 4.69) is 10.3 Å². The number of ether oxygens (including phenoxy) is 2. The molecular formula is C16H19N3O4S. The second-order valence-electron chi connectivity index (χ2n) is 6.09. The normalized spacial score (nSPS) is 24.6. The quantitative estimate of drug-likeness (QED) is 0.871. The van der Waals surface area contributed by atoms with E-state index in [0.717, 1.165) is 24.3 Å². The fourth-order valence-corrected chi connectivity index (χ4v) is 4.08. The second-order valence-corrected chi connectivity index (χ2v) is 7.05. The number of hydrogen-bond donors (Lipinski definition) is 1. The number of aromatic nitrogens is 1. The van der Waals surface area contributed by atoms with Crippen molar-refractivity contribution in [1.82, 2.24) is 9.88 Å². The number of nitrogens with one attached hydrogen (secondary N) is 1. The van der Waals surface area contributed by atoms with Crippen molar-refractivity contribution in [2.24, 2.45) is 0 Å². The van der Waals surface area contributed by atoms with Crippen LogP contribution >= 0.6 is 11.8 Å². The molecule has 1 N–H and O–H groups in total. The molecule has 0 radical (unpaired) electrons. The maximum atomic E-state index is 13.0. The van der Waals surface area contributed by atoms with Crippen LogP contribution in [0.3, 0.4) is 0 Å². The molecule has 2 saturated heterocycles. The third kappa shape index (κ3) is 3.01. The number of carbonyl (C=O) groups is 2. The Balaban J connectivity index is 1.57. The van der Waals surface area contributed by atoms with E-state index in [4.69, 9.17) is 9.47 Å². The number of rotatable bonds is 2. The maximum Gasteiger partial charge on any atom is 0.255 e. The average molecular weight is 349 g/mol. The number of amides is 2. The highest BCUT2D eigenvalue weighted by atomic mass is 32.2. The summed E-state index contributed by atoms with van der Waals surface area (Å²) in [6.07, 6.45) is 4.16. The number of fused-ring (bicyclic) bond motifs is 1. The molecule has 2 amide bonds. The summed E-state index contributed by atoms with van der Waals surface area (Å²) in [6, 6.07) is 1.66. The van der Waals surface area contributed by atoms with Crippen LogP contribution in [0.4, 0.5) is 5.69 Å². The van der Waals surface area contributed by atoms with E-state index in [9.17, 15) is 9.59 Å². The van der Waals surface area contributed by atoms with Gasteiger partial charge in [0.05, 0.1) is 36.3 Å². The van der Waals surface area contributed by atoms with Gasteiger partial charge in [-0.25, -0.2) is 4.98 Å². The molecule has 1 atom stereocenters. The first-order valence-corrected chi connectivity index (χ1v) is 9.18. The van der Waals surface area contributed by atoms with Gasteiger partial charge in [-0.15, -0.1) is 0 Å². The highest BCUT2D eigenvalue weighted by Gasteiger charge is 2.36. The van der Waals surface area contributed by atoms with Gasteiger partial charge in [0, 0.05) is 12.7 Å². The molecular weight excluding hydrogens is 330 g/mol. The van der Waals surface area contributed by atoms with Gasteiger partial charge in [0.25, 0.3) is 5.91 Å². The number of carbonyl (C=O) groups excluding carboxylic acids is 2. The van der Waals surface area contributed by atoms with Gasteiger partial charge in [0.2, 0.25) is 5.91 Å². The molecule has 2 fully saturated rings. The van der Waals surface area contributed by atoms with Crippen molar-refractivity contribution in [3.8, 4) is 0 Å². The number of nitrogens with zero attached hydrogens (tertiary/aromatic N) is 2. The Morgan fingerprint density at radius 3 is 3.00 bits per heavy atom. The third-order valence-corrected chi connectivity index (χ3v) is 5.49. The van der Waals surface area contributed by atoms with Crippen LogP contribution < -0.4 is 5.32 Å². The summed E-state index contributed by atoms with van der Waals surface area (Å²) in [5.74, 6) is 0.208. The molecule has 0 bridgehead atoms. The Morgan fingerprint density at radius 1 is 1.33 bits per heavy atom. The molecule has 1 aromatic rings. The summed E-state index contributed by atoms with van der Waals surface area (Å²) in [5, 5.41) is 3.54. The lowest BCUT2D eigenvalue weighted by molar-refractivity contribution is -0.113. The average Bonchev–Trinajstić information content (AvgIpc) is 3.15. The highest BCUT2D eigenvalue weighted by Crippen LogP contribution is 2.31. The monoisotopic (exact) mass is 349 g/mol. The Kier molecular flexibility index (Phi) is 4.43. The Hall–Kier alpha value is -1.64. The van der Waals surface area contributed by atoms with Crippen molar-refractivity contribution in [3.05, 3.63) is 17.8 Å². The zero-order valence-electron chi connectivity index (χ0n) is 13.2. The van der Waals surface area contributed by atoms with E-state index >= 15 is 0 Å². The van der Waals surface area contributed by atoms with Crippen molar-refractivity contribution in [3.63, 3.8) is 0 Å². The Labute approximate surface area is 144 Å². The smallest absolute Gasteiger partial charge is 0.255 e. The molecule has 1 aromatic heterocycles. The predicted octanol–water partition coefficient (Wildman–Crippen LogP) is 1.49. The number of likely N-dealkylation sites (tertiary alicyclic amines) is 1. The van der Waals surface area contributed by atoms with Crippen LogP contribution in [0.5, 0.6) is 0 Å². The Bertz CT molecular complexity index is 663. The van der Waals surface area contributed by atoms with Gasteiger partial charge < -0.3 is 19.7 Å². The molecule has 0 aliphatic carbocycles. The summed E-state index contributed by atoms with van der Waals surface area (Å²) in [7, 11) is 0. The minimum Gasteiger partial charge on any atom is -0.348 e. The van der Waals surface area contributed by atoms with E-state index in [1.807, 2.05) is 4.90 Å². The van der Waals surface area contributed by atoms with Crippen LogP contribution in [0.2, 0.25) is 0 Å². The first kappa shape index (κ1) is 15.9. The molecule has 0 saturated carbocycles. The Morgan fingerprint density at radius 2 is 2.17 bits per heavy atom. The van der Waals surface area contributed by atoms with E-state index in [1.54, 1.807) is 12.3 Å². The molecule has 24 heavy (non-hydrogen) atoms. The van der Waals surface area contributed by atoms with E-state index in [1.165, 1.54) is 11.8 Å². The second kappa shape index (κ2) is 6.70. The van der Waals surface area contributed by atoms with Crippen LogP contribution in [0.1, 0.15) is 29.6 Å². The van der Waals surface area contributed by atoms with Gasteiger partial charge in [-0.3, -0.25) is 9.59 Å². The van der Waals surface area contributed by atoms with E-state index in [0.29, 0.717) is 36.8 Å². The third-order valence-electron chi connectivity index (χ3n) is 4.48. The molecule has 128 valence electrons. The van der Waals surface area contributed by atoms with Crippen LogP contribution in [-0.4, -0.2) is 59.5 Å². The molecule has 0 spiro atoms. The van der Waals surface area contributed by atoms with Crippen molar-refractivity contribution in [2.75, 3.05) is 30.8 Å². The molecule has 8 heteroatoms. The van der Waals surface area contributed by atoms with Gasteiger partial charge in [0.1, 0.15) is 5.03 Å². The number of anilines is 1. The molecule has 4 heterocycles. The van der Waals surface area contributed by atoms with Crippen LogP contribution in [0.25, 0.3) is 0 Å². The van der Waals surface area contributed by atoms with Crippen molar-refractivity contribution in [1.29, 1.82) is 0 Å². The van der Waals surface area contributed by atoms with Crippen LogP contribution in [0, 0.1) is 0 Å². The molecule has 3 aliphatic heterocycles. The maximum absolute atomic E-state index is 13.0. The fraction of sp³-hybridized carbons (Fsp3) is 0.562. The lowest BCUT2D eigenvalue weighted by atomic mass is 10.0. The SMILES string of the molecule is O=C1CSc2ncc(C(=O)N3CCCCC3C3OCCO3)cc2N1. The van der Waals surface area contributed by atoms with Gasteiger partial charge in [0.15, 0.2) is 6.29 Å². The number of pyridine rings is 1. The molecule has 0 aromatic carbocycles. The predicted molar refractivity (Wildman–Crippen MR) is 88.0 cm³/mol. The highest BCUT2D eigenvalue weighted by molar-refractivity contribution is 8.00. The zero-order chi connectivity index (χ0) is 16.5. The van der Waals surface area contributed by atoms with E-state index in [-0.39, 0.29) is 24.1 Å². The standard InChI is InChI=1S/C16H19N3O4S/c20-13-9-24-14-11(18-13)7-10(8-17-14)15(21)19-4-2-1-3-12(19)16-22-5-6-23-16/h7-8,12,16H,1-6,9H2,(H,18,20). The van der Waals surface area contributed by atoms with Gasteiger partial charge in [-0.2, -0.15) is 0 Å². The van der Waals surface area contributed by atoms with Crippen molar-refractivity contribution < 1.29 is 19.1 Å². The molecule has 7 nitrogen and oxygen atoms in total. The van der Waals surface area contributed by atoms with Crippen LogP contribution in [0.15, 0.2) is 17.3 Å². The lowest BCUT2D eigenvalue weighted by Crippen LogP contribution is -2.50.